The van der Waals surface area contributed by atoms with Crippen LogP contribution < -0.4 is 14.4 Å². The highest BCUT2D eigenvalue weighted by atomic mass is 35.5. The smallest absolute Gasteiger partial charge is 0.319 e. The minimum absolute atomic E-state index is 0.0264. The Labute approximate surface area is 138 Å². The van der Waals surface area contributed by atoms with E-state index in [2.05, 4.69) is 9.97 Å². The zero-order valence-corrected chi connectivity index (χ0v) is 13.4. The SMILES string of the molecule is COc1ccc(N(C)c2cc(Cl)nc(OCCC(=O)O)n2)cc1. The number of carboxylic acids is 1. The van der Waals surface area contributed by atoms with Gasteiger partial charge in [-0.25, -0.2) is 0 Å². The molecule has 0 amide bonds. The van der Waals surface area contributed by atoms with E-state index in [1.54, 1.807) is 18.1 Å². The maximum absolute atomic E-state index is 10.5. The molecule has 0 radical (unpaired) electrons. The van der Waals surface area contributed by atoms with Crippen LogP contribution in [0.2, 0.25) is 5.15 Å². The summed E-state index contributed by atoms with van der Waals surface area (Å²) in [6.45, 7) is -0.0264. The minimum Gasteiger partial charge on any atom is -0.497 e. The first-order valence-electron chi connectivity index (χ1n) is 6.76. The van der Waals surface area contributed by atoms with Crippen LogP contribution in [0.25, 0.3) is 0 Å². The Morgan fingerprint density at radius 3 is 2.61 bits per heavy atom. The maximum Gasteiger partial charge on any atom is 0.319 e. The molecule has 0 saturated carbocycles. The number of nitrogens with zero attached hydrogens (tertiary/aromatic N) is 3. The summed E-state index contributed by atoms with van der Waals surface area (Å²) in [6, 6.07) is 9.04. The highest BCUT2D eigenvalue weighted by molar-refractivity contribution is 6.29. The third-order valence-corrected chi connectivity index (χ3v) is 3.20. The fourth-order valence-corrected chi connectivity index (χ4v) is 1.96. The topological polar surface area (TPSA) is 84.8 Å². The number of aromatic nitrogens is 2. The number of anilines is 2. The Morgan fingerprint density at radius 1 is 1.30 bits per heavy atom. The highest BCUT2D eigenvalue weighted by Crippen LogP contribution is 2.26. The Balaban J connectivity index is 2.16. The van der Waals surface area contributed by atoms with Gasteiger partial charge < -0.3 is 19.5 Å². The summed E-state index contributed by atoms with van der Waals surface area (Å²) >= 11 is 5.98. The van der Waals surface area contributed by atoms with E-state index in [-0.39, 0.29) is 24.2 Å². The van der Waals surface area contributed by atoms with Crippen molar-refractivity contribution in [3.05, 3.63) is 35.5 Å². The molecule has 0 aliphatic rings. The Morgan fingerprint density at radius 2 is 2.00 bits per heavy atom. The van der Waals surface area contributed by atoms with Crippen LogP contribution in [0.3, 0.4) is 0 Å². The van der Waals surface area contributed by atoms with Crippen LogP contribution in [0.1, 0.15) is 6.42 Å². The molecule has 7 nitrogen and oxygen atoms in total. The molecule has 1 N–H and O–H groups in total. The van der Waals surface area contributed by atoms with Gasteiger partial charge in [0.1, 0.15) is 23.3 Å². The molecule has 1 aromatic carbocycles. The second-order valence-electron chi connectivity index (χ2n) is 4.58. The Kier molecular flexibility index (Phi) is 5.59. The number of hydrogen-bond acceptors (Lipinski definition) is 6. The molecule has 0 bridgehead atoms. The average molecular weight is 338 g/mol. The number of carbonyl (C=O) groups is 1. The predicted molar refractivity (Wildman–Crippen MR) is 85.8 cm³/mol. The summed E-state index contributed by atoms with van der Waals surface area (Å²) in [5.74, 6) is 0.323. The molecule has 0 atom stereocenters. The second-order valence-corrected chi connectivity index (χ2v) is 4.97. The van der Waals surface area contributed by atoms with Gasteiger partial charge in [-0.15, -0.1) is 0 Å². The van der Waals surface area contributed by atoms with Crippen molar-refractivity contribution in [1.82, 2.24) is 9.97 Å². The van der Waals surface area contributed by atoms with Crippen LogP contribution >= 0.6 is 11.6 Å². The number of ether oxygens (including phenoxy) is 2. The van der Waals surface area contributed by atoms with Crippen molar-refractivity contribution in [2.45, 2.75) is 6.42 Å². The molecule has 1 heterocycles. The van der Waals surface area contributed by atoms with Gasteiger partial charge in [0, 0.05) is 18.8 Å². The third kappa shape index (κ3) is 4.72. The van der Waals surface area contributed by atoms with E-state index in [9.17, 15) is 4.79 Å². The van der Waals surface area contributed by atoms with E-state index < -0.39 is 5.97 Å². The van der Waals surface area contributed by atoms with Gasteiger partial charge in [-0.3, -0.25) is 4.79 Å². The molecule has 0 saturated heterocycles. The van der Waals surface area contributed by atoms with Crippen LogP contribution in [0.5, 0.6) is 11.8 Å². The first-order valence-corrected chi connectivity index (χ1v) is 7.14. The quantitative estimate of drug-likeness (QED) is 0.777. The molecule has 2 rings (SSSR count). The monoisotopic (exact) mass is 337 g/mol. The maximum atomic E-state index is 10.5. The van der Waals surface area contributed by atoms with Crippen LogP contribution in [0.4, 0.5) is 11.5 Å². The lowest BCUT2D eigenvalue weighted by Gasteiger charge is -2.19. The van der Waals surface area contributed by atoms with Gasteiger partial charge in [0.25, 0.3) is 0 Å². The number of rotatable bonds is 7. The summed E-state index contributed by atoms with van der Waals surface area (Å²) in [6.07, 6.45) is -0.139. The first-order chi connectivity index (χ1) is 11.0. The standard InChI is InChI=1S/C15H16ClN3O4/c1-19(10-3-5-11(22-2)6-4-10)13-9-12(16)17-15(18-13)23-8-7-14(20)21/h3-6,9H,7-8H2,1-2H3,(H,20,21). The molecule has 2 aromatic rings. The van der Waals surface area contributed by atoms with Crippen LogP contribution in [-0.2, 0) is 4.79 Å². The lowest BCUT2D eigenvalue weighted by Crippen LogP contribution is -2.13. The average Bonchev–Trinajstić information content (AvgIpc) is 2.53. The molecule has 0 aliphatic heterocycles. The zero-order chi connectivity index (χ0) is 16.8. The number of methoxy groups -OCH3 is 1. The van der Waals surface area contributed by atoms with E-state index in [1.165, 1.54) is 0 Å². The number of benzene rings is 1. The molecule has 0 unspecified atom stereocenters. The number of carboxylic acid groups (broad SMARTS) is 1. The molecule has 1 aromatic heterocycles. The van der Waals surface area contributed by atoms with Gasteiger partial charge in [0.2, 0.25) is 0 Å². The number of hydrogen-bond donors (Lipinski definition) is 1. The van der Waals surface area contributed by atoms with Gasteiger partial charge in [-0.1, -0.05) is 11.6 Å². The van der Waals surface area contributed by atoms with Crippen LogP contribution in [0, 0.1) is 0 Å². The molecular weight excluding hydrogens is 322 g/mol. The van der Waals surface area contributed by atoms with Crippen LogP contribution in [-0.4, -0.2) is 41.8 Å². The van der Waals surface area contributed by atoms with Gasteiger partial charge in [-0.2, -0.15) is 9.97 Å². The predicted octanol–water partition coefficient (Wildman–Crippen LogP) is 2.76. The Hall–Kier alpha value is -2.54. The van der Waals surface area contributed by atoms with Gasteiger partial charge in [0.15, 0.2) is 0 Å². The van der Waals surface area contributed by atoms with Crippen LogP contribution in [0.15, 0.2) is 30.3 Å². The largest absolute Gasteiger partial charge is 0.497 e. The van der Waals surface area contributed by atoms with E-state index in [0.29, 0.717) is 5.82 Å². The normalized spacial score (nSPS) is 10.2. The summed E-state index contributed by atoms with van der Waals surface area (Å²) in [4.78, 5) is 20.5. The van der Waals surface area contributed by atoms with Crippen molar-refractivity contribution in [2.75, 3.05) is 25.7 Å². The lowest BCUT2D eigenvalue weighted by molar-refractivity contribution is -0.137. The van der Waals surface area contributed by atoms with Crippen molar-refractivity contribution >= 4 is 29.1 Å². The van der Waals surface area contributed by atoms with Gasteiger partial charge >= 0.3 is 12.0 Å². The molecule has 8 heteroatoms. The molecular formula is C15H16ClN3O4. The van der Waals surface area contributed by atoms with Gasteiger partial charge in [0.05, 0.1) is 13.5 Å². The summed E-state index contributed by atoms with van der Waals surface area (Å²) in [5, 5.41) is 8.82. The lowest BCUT2D eigenvalue weighted by atomic mass is 10.3. The second kappa shape index (κ2) is 7.64. The van der Waals surface area contributed by atoms with Crippen molar-refractivity contribution in [3.8, 4) is 11.8 Å². The fraction of sp³-hybridized carbons (Fsp3) is 0.267. The molecule has 0 spiro atoms. The van der Waals surface area contributed by atoms with Gasteiger partial charge in [-0.05, 0) is 24.3 Å². The van der Waals surface area contributed by atoms with E-state index in [0.717, 1.165) is 11.4 Å². The molecule has 0 aliphatic carbocycles. The van der Waals surface area contributed by atoms with Crippen molar-refractivity contribution in [2.24, 2.45) is 0 Å². The summed E-state index contributed by atoms with van der Waals surface area (Å²) < 4.78 is 10.3. The first kappa shape index (κ1) is 16.8. The van der Waals surface area contributed by atoms with E-state index in [4.69, 9.17) is 26.2 Å². The minimum atomic E-state index is -0.956. The summed E-state index contributed by atoms with van der Waals surface area (Å²) in [5.41, 5.74) is 0.872. The third-order valence-electron chi connectivity index (χ3n) is 3.01. The molecule has 23 heavy (non-hydrogen) atoms. The molecule has 0 fully saturated rings. The van der Waals surface area contributed by atoms with Crippen molar-refractivity contribution in [1.29, 1.82) is 0 Å². The van der Waals surface area contributed by atoms with Crippen molar-refractivity contribution in [3.63, 3.8) is 0 Å². The number of aliphatic carboxylic acids is 1. The summed E-state index contributed by atoms with van der Waals surface area (Å²) in [7, 11) is 3.42. The zero-order valence-electron chi connectivity index (χ0n) is 12.7. The van der Waals surface area contributed by atoms with E-state index >= 15 is 0 Å². The highest BCUT2D eigenvalue weighted by Gasteiger charge is 2.11. The Bertz CT molecular complexity index is 679. The molecule has 122 valence electrons. The fourth-order valence-electron chi connectivity index (χ4n) is 1.79. The number of halogens is 1. The van der Waals surface area contributed by atoms with Crippen molar-refractivity contribution < 1.29 is 19.4 Å². The van der Waals surface area contributed by atoms with E-state index in [1.807, 2.05) is 31.3 Å².